The van der Waals surface area contributed by atoms with Gasteiger partial charge in [-0.2, -0.15) is 0 Å². The maximum Gasteiger partial charge on any atom is 0.0725 e. The van der Waals surface area contributed by atoms with Crippen LogP contribution in [0.15, 0.2) is 200 Å². The summed E-state index contributed by atoms with van der Waals surface area (Å²) in [6.45, 7) is 0. The number of hydrogen-bond acceptors (Lipinski definition) is 2. The summed E-state index contributed by atoms with van der Waals surface area (Å²) in [5, 5.41) is 5.17. The van der Waals surface area contributed by atoms with E-state index in [1.54, 1.807) is 0 Å². The third-order valence-electron chi connectivity index (χ3n) is 12.1. The van der Waals surface area contributed by atoms with Gasteiger partial charge in [-0.1, -0.05) is 146 Å². The Kier molecular flexibility index (Phi) is 6.49. The quantitative estimate of drug-likeness (QED) is 0.175. The second kappa shape index (κ2) is 11.6. The second-order valence-electron chi connectivity index (χ2n) is 14.8. The van der Waals surface area contributed by atoms with Crippen molar-refractivity contribution >= 4 is 59.3 Å². The Morgan fingerprint density at radius 2 is 0.855 bits per heavy atom. The van der Waals surface area contributed by atoms with E-state index in [1.165, 1.54) is 86.6 Å². The van der Waals surface area contributed by atoms with E-state index in [0.29, 0.717) is 0 Å². The summed E-state index contributed by atoms with van der Waals surface area (Å²) >= 11 is 1.90. The third-order valence-corrected chi connectivity index (χ3v) is 13.3. The maximum absolute atomic E-state index is 2.52. The fourth-order valence-electron chi connectivity index (χ4n) is 9.83. The molecule has 0 saturated carbocycles. The molecule has 0 amide bonds. The van der Waals surface area contributed by atoms with Gasteiger partial charge in [-0.15, -0.1) is 11.3 Å². The number of rotatable bonds is 4. The van der Waals surface area contributed by atoms with Gasteiger partial charge < -0.3 is 4.90 Å². The van der Waals surface area contributed by atoms with E-state index in [9.17, 15) is 0 Å². The number of thiophene rings is 1. The molecule has 2 aliphatic carbocycles. The van der Waals surface area contributed by atoms with Gasteiger partial charge in [0.25, 0.3) is 0 Å². The minimum Gasteiger partial charge on any atom is -0.310 e. The average Bonchev–Trinajstić information content (AvgIpc) is 3.88. The van der Waals surface area contributed by atoms with Crippen LogP contribution in [0, 0.1) is 0 Å². The first-order valence-electron chi connectivity index (χ1n) is 19.0. The van der Waals surface area contributed by atoms with Gasteiger partial charge in [0.1, 0.15) is 0 Å². The third kappa shape index (κ3) is 4.23. The Labute approximate surface area is 324 Å². The minimum absolute atomic E-state index is 0.378. The van der Waals surface area contributed by atoms with Crippen LogP contribution in [0.25, 0.3) is 64.3 Å². The Balaban J connectivity index is 1.11. The first kappa shape index (κ1) is 30.7. The molecule has 10 aromatic rings. The first-order chi connectivity index (χ1) is 27.3. The molecule has 2 heteroatoms. The van der Waals surface area contributed by atoms with Gasteiger partial charge in [0.2, 0.25) is 0 Å². The zero-order valence-corrected chi connectivity index (χ0v) is 30.7. The molecular formula is C53H33NS. The first-order valence-corrected chi connectivity index (χ1v) is 19.8. The van der Waals surface area contributed by atoms with Crippen LogP contribution in [0.2, 0.25) is 0 Å². The van der Waals surface area contributed by atoms with Crippen molar-refractivity contribution in [1.29, 1.82) is 0 Å². The average molecular weight is 716 g/mol. The summed E-state index contributed by atoms with van der Waals surface area (Å²) in [6, 6.07) is 74.3. The van der Waals surface area contributed by atoms with Crippen LogP contribution in [0.1, 0.15) is 22.3 Å². The highest BCUT2D eigenvalue weighted by molar-refractivity contribution is 7.26. The van der Waals surface area contributed by atoms with Crippen LogP contribution >= 0.6 is 11.3 Å². The van der Waals surface area contributed by atoms with Gasteiger partial charge >= 0.3 is 0 Å². The van der Waals surface area contributed by atoms with Crippen LogP contribution in [-0.4, -0.2) is 0 Å². The Hall–Kier alpha value is -6.74. The van der Waals surface area contributed by atoms with Gasteiger partial charge in [-0.3, -0.25) is 0 Å². The van der Waals surface area contributed by atoms with Gasteiger partial charge in [0.05, 0.1) is 5.41 Å². The fraction of sp³-hybridized carbons (Fsp3) is 0.0189. The highest BCUT2D eigenvalue weighted by atomic mass is 32.1. The normalized spacial score (nSPS) is 13.2. The van der Waals surface area contributed by atoms with Crippen LogP contribution in [0.3, 0.4) is 0 Å². The smallest absolute Gasteiger partial charge is 0.0725 e. The molecule has 256 valence electrons. The molecule has 0 unspecified atom stereocenters. The highest BCUT2D eigenvalue weighted by Gasteiger charge is 2.51. The molecule has 0 N–H and O–H groups in total. The maximum atomic E-state index is 2.52. The summed E-state index contributed by atoms with van der Waals surface area (Å²) in [6.07, 6.45) is 0. The summed E-state index contributed by atoms with van der Waals surface area (Å²) in [4.78, 5) is 2.36. The van der Waals surface area contributed by atoms with Gasteiger partial charge in [-0.25, -0.2) is 0 Å². The molecule has 1 aromatic heterocycles. The number of anilines is 3. The lowest BCUT2D eigenvalue weighted by atomic mass is 9.70. The molecule has 1 spiro atoms. The Morgan fingerprint density at radius 3 is 1.47 bits per heavy atom. The molecule has 0 bridgehead atoms. The predicted molar refractivity (Wildman–Crippen MR) is 233 cm³/mol. The van der Waals surface area contributed by atoms with Gasteiger partial charge in [0, 0.05) is 42.6 Å². The number of nitrogens with zero attached hydrogens (tertiary/aromatic N) is 1. The van der Waals surface area contributed by atoms with Crippen LogP contribution in [-0.2, 0) is 5.41 Å². The van der Waals surface area contributed by atoms with E-state index >= 15 is 0 Å². The van der Waals surface area contributed by atoms with E-state index in [4.69, 9.17) is 0 Å². The number of benzene rings is 9. The molecule has 12 rings (SSSR count). The molecule has 1 nitrogen and oxygen atoms in total. The Morgan fingerprint density at radius 1 is 0.327 bits per heavy atom. The van der Waals surface area contributed by atoms with Crippen molar-refractivity contribution < 1.29 is 0 Å². The van der Waals surface area contributed by atoms with Crippen molar-refractivity contribution in [2.75, 3.05) is 4.90 Å². The largest absolute Gasteiger partial charge is 0.310 e. The number of hydrogen-bond donors (Lipinski definition) is 0. The molecule has 0 fully saturated rings. The van der Waals surface area contributed by atoms with E-state index in [2.05, 4.69) is 205 Å². The number of fused-ring (bicyclic) bond motifs is 15. The monoisotopic (exact) mass is 715 g/mol. The highest BCUT2D eigenvalue weighted by Crippen LogP contribution is 2.63. The van der Waals surface area contributed by atoms with Crippen molar-refractivity contribution in [3.05, 3.63) is 222 Å². The van der Waals surface area contributed by atoms with Gasteiger partial charge in [0.15, 0.2) is 0 Å². The lowest BCUT2D eigenvalue weighted by Gasteiger charge is -2.30. The summed E-state index contributed by atoms with van der Waals surface area (Å²) in [7, 11) is 0. The predicted octanol–water partition coefficient (Wildman–Crippen LogP) is 14.7. The van der Waals surface area contributed by atoms with E-state index in [-0.39, 0.29) is 5.41 Å². The molecule has 55 heavy (non-hydrogen) atoms. The molecular weight excluding hydrogens is 683 g/mol. The van der Waals surface area contributed by atoms with Crippen LogP contribution in [0.5, 0.6) is 0 Å². The molecule has 0 saturated heterocycles. The minimum atomic E-state index is -0.378. The summed E-state index contributed by atoms with van der Waals surface area (Å²) in [5.74, 6) is 0. The molecule has 0 radical (unpaired) electrons. The zero-order valence-electron chi connectivity index (χ0n) is 29.9. The van der Waals surface area contributed by atoms with Crippen LogP contribution in [0.4, 0.5) is 17.1 Å². The topological polar surface area (TPSA) is 3.24 Å². The summed E-state index contributed by atoms with van der Waals surface area (Å²) in [5.41, 5.74) is 16.4. The fourth-order valence-corrected chi connectivity index (χ4v) is 11.0. The summed E-state index contributed by atoms with van der Waals surface area (Å²) < 4.78 is 2.63. The van der Waals surface area contributed by atoms with E-state index in [0.717, 1.165) is 17.1 Å². The molecule has 0 aliphatic heterocycles. The van der Waals surface area contributed by atoms with Crippen molar-refractivity contribution in [2.24, 2.45) is 0 Å². The Bertz CT molecular complexity index is 3050. The SMILES string of the molecule is c1ccc(N(c2ccccc2)c2ccc3sc4c5ccccc5c(-c5ccc6c(c5)C5(c7ccccc7-c7ccccc75)c5ccccc5-6)cc4c3c2)cc1. The molecule has 2 aliphatic rings. The second-order valence-corrected chi connectivity index (χ2v) is 15.8. The molecule has 9 aromatic carbocycles. The van der Waals surface area contributed by atoms with Crippen molar-refractivity contribution in [1.82, 2.24) is 0 Å². The van der Waals surface area contributed by atoms with Crippen LogP contribution < -0.4 is 4.90 Å². The standard InChI is InChI=1S/C53H33NS/c1-3-15-35(16-4-1)54(36-17-5-2-6-18-36)37-28-30-51-45(32-37)46-33-44(38-19-7-8-23-43(38)52(46)55-51)34-27-29-42-41-22-11-14-26-49(41)53(50(42)31-34)47-24-12-9-20-39(47)40-21-10-13-25-48(40)53/h1-33H. The lowest BCUT2D eigenvalue weighted by Crippen LogP contribution is -2.25. The van der Waals surface area contributed by atoms with Gasteiger partial charge in [-0.05, 0) is 116 Å². The van der Waals surface area contributed by atoms with Crippen molar-refractivity contribution in [3.63, 3.8) is 0 Å². The van der Waals surface area contributed by atoms with E-state index < -0.39 is 0 Å². The lowest BCUT2D eigenvalue weighted by molar-refractivity contribution is 0.794. The molecule has 1 heterocycles. The zero-order chi connectivity index (χ0) is 36.1. The van der Waals surface area contributed by atoms with E-state index in [1.807, 2.05) is 11.3 Å². The molecule has 0 atom stereocenters. The van der Waals surface area contributed by atoms with Crippen molar-refractivity contribution in [3.8, 4) is 33.4 Å². The van der Waals surface area contributed by atoms with Crippen molar-refractivity contribution in [2.45, 2.75) is 5.41 Å². The number of para-hydroxylation sites is 2.